The van der Waals surface area contributed by atoms with Gasteiger partial charge in [0.05, 0.1) is 11.0 Å². The third-order valence-corrected chi connectivity index (χ3v) is 9.20. The summed E-state index contributed by atoms with van der Waals surface area (Å²) in [5, 5.41) is 4.85. The zero-order valence-corrected chi connectivity index (χ0v) is 23.0. The molecule has 0 saturated heterocycles. The van der Waals surface area contributed by atoms with Gasteiger partial charge in [-0.15, -0.1) is 0 Å². The van der Waals surface area contributed by atoms with E-state index in [0.717, 1.165) is 33.4 Å². The van der Waals surface area contributed by atoms with E-state index in [2.05, 4.69) is 146 Å². The second kappa shape index (κ2) is 7.99. The number of benzene rings is 6. The van der Waals surface area contributed by atoms with Crippen molar-refractivity contribution in [2.24, 2.45) is 0 Å². The molecule has 0 saturated carbocycles. The molecule has 0 amide bonds. The molecule has 2 nitrogen and oxygen atoms in total. The molecule has 0 fully saturated rings. The summed E-state index contributed by atoms with van der Waals surface area (Å²) in [5.41, 5.74) is 13.0. The van der Waals surface area contributed by atoms with Gasteiger partial charge in [-0.3, -0.25) is 0 Å². The van der Waals surface area contributed by atoms with Crippen molar-refractivity contribution < 1.29 is 4.42 Å². The van der Waals surface area contributed by atoms with Crippen molar-refractivity contribution in [2.45, 2.75) is 19.3 Å². The second-order valence-corrected chi connectivity index (χ2v) is 11.8. The van der Waals surface area contributed by atoms with Gasteiger partial charge >= 0.3 is 0 Å². The van der Waals surface area contributed by atoms with Gasteiger partial charge in [-0.25, -0.2) is 0 Å². The van der Waals surface area contributed by atoms with Gasteiger partial charge in [-0.05, 0) is 64.2 Å². The van der Waals surface area contributed by atoms with E-state index in [0.29, 0.717) is 0 Å². The lowest BCUT2D eigenvalue weighted by molar-refractivity contribution is 0.648. The Morgan fingerprint density at radius 2 is 1.24 bits per heavy atom. The first-order valence-corrected chi connectivity index (χ1v) is 14.3. The van der Waals surface area contributed by atoms with Crippen LogP contribution in [0, 0.1) is 0 Å². The van der Waals surface area contributed by atoms with Gasteiger partial charge in [-0.2, -0.15) is 0 Å². The Bertz CT molecular complexity index is 2330. The molecule has 0 atom stereocenters. The number of rotatable bonds is 2. The normalized spacial score (nSPS) is 13.8. The fraction of sp³-hybridized carbons (Fsp3) is 0.0769. The standard InChI is InChI=1S/C39H27NO/c1-39(2)33-17-8-6-13-27(33)31-22-32-30-16-10-15-26(38(30)41-37(32)23-34(31)39)24-19-20-29-28-14-7-9-18-35(28)40(36(29)21-24)25-11-4-3-5-12-25/h3-23H,1-2H3. The van der Waals surface area contributed by atoms with Gasteiger partial charge in [-0.1, -0.05) is 105 Å². The zero-order valence-electron chi connectivity index (χ0n) is 23.0. The maximum atomic E-state index is 6.73. The molecule has 0 N–H and O–H groups in total. The van der Waals surface area contributed by atoms with E-state index in [-0.39, 0.29) is 5.41 Å². The van der Waals surface area contributed by atoms with Crippen LogP contribution in [0.4, 0.5) is 0 Å². The van der Waals surface area contributed by atoms with Gasteiger partial charge in [0.2, 0.25) is 0 Å². The van der Waals surface area contributed by atoms with Gasteiger partial charge in [0.25, 0.3) is 0 Å². The average molecular weight is 526 g/mol. The van der Waals surface area contributed by atoms with Gasteiger partial charge in [0, 0.05) is 38.2 Å². The van der Waals surface area contributed by atoms with Crippen molar-refractivity contribution in [2.75, 3.05) is 0 Å². The highest BCUT2D eigenvalue weighted by molar-refractivity contribution is 6.13. The Kier molecular flexibility index (Phi) is 4.42. The third kappa shape index (κ3) is 3.02. The van der Waals surface area contributed by atoms with E-state index in [1.54, 1.807) is 0 Å². The fourth-order valence-electron chi connectivity index (χ4n) is 7.21. The van der Waals surface area contributed by atoms with Gasteiger partial charge in [0.1, 0.15) is 11.2 Å². The Morgan fingerprint density at radius 1 is 0.512 bits per heavy atom. The highest BCUT2D eigenvalue weighted by Crippen LogP contribution is 2.51. The monoisotopic (exact) mass is 525 g/mol. The van der Waals surface area contributed by atoms with Crippen molar-refractivity contribution >= 4 is 43.7 Å². The van der Waals surface area contributed by atoms with Crippen LogP contribution in [0.5, 0.6) is 0 Å². The molecule has 9 rings (SSSR count). The molecule has 8 aromatic rings. The minimum absolute atomic E-state index is 0.0577. The lowest BCUT2D eigenvalue weighted by Crippen LogP contribution is -2.14. The summed E-state index contributed by atoms with van der Waals surface area (Å²) in [7, 11) is 0. The van der Waals surface area contributed by atoms with Crippen LogP contribution in [-0.4, -0.2) is 4.57 Å². The molecule has 2 aromatic heterocycles. The molecular formula is C39H27NO. The van der Waals surface area contributed by atoms with Gasteiger partial charge in [0.15, 0.2) is 0 Å². The number of fused-ring (bicyclic) bond motifs is 9. The van der Waals surface area contributed by atoms with E-state index in [1.807, 2.05) is 0 Å². The summed E-state index contributed by atoms with van der Waals surface area (Å²) >= 11 is 0. The van der Waals surface area contributed by atoms with Crippen LogP contribution in [-0.2, 0) is 5.41 Å². The number of nitrogens with zero attached hydrogens (tertiary/aromatic N) is 1. The Hall–Kier alpha value is -5.08. The number of hydrogen-bond acceptors (Lipinski definition) is 1. The molecule has 2 heterocycles. The van der Waals surface area contributed by atoms with Crippen LogP contribution in [0.15, 0.2) is 132 Å². The first kappa shape index (κ1) is 22.7. The van der Waals surface area contributed by atoms with Crippen LogP contribution in [0.3, 0.4) is 0 Å². The Balaban J connectivity index is 1.30. The highest BCUT2D eigenvalue weighted by atomic mass is 16.3. The number of hydrogen-bond donors (Lipinski definition) is 0. The van der Waals surface area contributed by atoms with Crippen molar-refractivity contribution in [3.05, 3.63) is 139 Å². The largest absolute Gasteiger partial charge is 0.455 e. The van der Waals surface area contributed by atoms with Crippen molar-refractivity contribution in [3.8, 4) is 27.9 Å². The van der Waals surface area contributed by atoms with E-state index in [1.165, 1.54) is 49.4 Å². The van der Waals surface area contributed by atoms with Crippen LogP contribution in [0.2, 0.25) is 0 Å². The molecule has 0 spiro atoms. The van der Waals surface area contributed by atoms with E-state index < -0.39 is 0 Å². The quantitative estimate of drug-likeness (QED) is 0.219. The molecule has 2 heteroatoms. The van der Waals surface area contributed by atoms with E-state index >= 15 is 0 Å². The van der Waals surface area contributed by atoms with Crippen LogP contribution < -0.4 is 0 Å². The van der Waals surface area contributed by atoms with Crippen LogP contribution >= 0.6 is 0 Å². The maximum absolute atomic E-state index is 6.73. The summed E-state index contributed by atoms with van der Waals surface area (Å²) in [6, 6.07) is 46.1. The summed E-state index contributed by atoms with van der Waals surface area (Å²) < 4.78 is 9.11. The van der Waals surface area contributed by atoms with Crippen LogP contribution in [0.25, 0.3) is 71.7 Å². The highest BCUT2D eigenvalue weighted by Gasteiger charge is 2.36. The zero-order chi connectivity index (χ0) is 27.3. The molecule has 41 heavy (non-hydrogen) atoms. The predicted octanol–water partition coefficient (Wildman–Crippen LogP) is 10.7. The average Bonchev–Trinajstić information content (AvgIpc) is 3.62. The Morgan fingerprint density at radius 3 is 2.15 bits per heavy atom. The lowest BCUT2D eigenvalue weighted by Gasteiger charge is -2.21. The Labute approximate surface area is 238 Å². The predicted molar refractivity (Wildman–Crippen MR) is 171 cm³/mol. The summed E-state index contributed by atoms with van der Waals surface area (Å²) in [5.74, 6) is 0. The molecular weight excluding hydrogens is 498 g/mol. The topological polar surface area (TPSA) is 18.1 Å². The maximum Gasteiger partial charge on any atom is 0.143 e. The number of furan rings is 1. The molecule has 0 unspecified atom stereocenters. The first-order chi connectivity index (χ1) is 20.1. The summed E-state index contributed by atoms with van der Waals surface area (Å²) in [6.07, 6.45) is 0. The molecule has 6 aromatic carbocycles. The smallest absolute Gasteiger partial charge is 0.143 e. The second-order valence-electron chi connectivity index (χ2n) is 11.8. The summed E-state index contributed by atoms with van der Waals surface area (Å²) in [4.78, 5) is 0. The van der Waals surface area contributed by atoms with Crippen molar-refractivity contribution in [1.82, 2.24) is 4.57 Å². The number of aromatic nitrogens is 1. The van der Waals surface area contributed by atoms with E-state index in [4.69, 9.17) is 4.42 Å². The summed E-state index contributed by atoms with van der Waals surface area (Å²) in [6.45, 7) is 4.64. The van der Waals surface area contributed by atoms with Crippen LogP contribution in [0.1, 0.15) is 25.0 Å². The number of para-hydroxylation sites is 3. The molecule has 0 aliphatic heterocycles. The minimum Gasteiger partial charge on any atom is -0.455 e. The minimum atomic E-state index is -0.0577. The molecule has 0 bridgehead atoms. The molecule has 0 radical (unpaired) electrons. The van der Waals surface area contributed by atoms with E-state index in [9.17, 15) is 0 Å². The molecule has 1 aliphatic carbocycles. The van der Waals surface area contributed by atoms with Gasteiger partial charge < -0.3 is 8.98 Å². The molecule has 1 aliphatic rings. The third-order valence-electron chi connectivity index (χ3n) is 9.20. The fourth-order valence-corrected chi connectivity index (χ4v) is 7.21. The molecule has 194 valence electrons. The van der Waals surface area contributed by atoms with Crippen molar-refractivity contribution in [3.63, 3.8) is 0 Å². The lowest BCUT2D eigenvalue weighted by atomic mass is 9.82. The van der Waals surface area contributed by atoms with Crippen molar-refractivity contribution in [1.29, 1.82) is 0 Å². The SMILES string of the molecule is CC1(C)c2ccccc2-c2cc3c(cc21)oc1c(-c2ccc4c5ccccc5n(-c5ccccc5)c4c2)cccc13. The first-order valence-electron chi connectivity index (χ1n) is 14.3.